The highest BCUT2D eigenvalue weighted by molar-refractivity contribution is 5.48. The van der Waals surface area contributed by atoms with Gasteiger partial charge < -0.3 is 11.1 Å². The third kappa shape index (κ3) is 3.21. The molecule has 0 aliphatic heterocycles. The first-order chi connectivity index (χ1) is 8.29. The molecule has 1 fully saturated rings. The van der Waals surface area contributed by atoms with Crippen LogP contribution in [-0.2, 0) is 0 Å². The molecule has 0 radical (unpaired) electrons. The molecule has 0 spiro atoms. The van der Waals surface area contributed by atoms with Crippen LogP contribution in [0.5, 0.6) is 0 Å². The van der Waals surface area contributed by atoms with E-state index in [1.54, 1.807) is 0 Å². The van der Waals surface area contributed by atoms with E-state index >= 15 is 0 Å². The van der Waals surface area contributed by atoms with Crippen molar-refractivity contribution in [1.29, 1.82) is 5.26 Å². The highest BCUT2D eigenvalue weighted by Crippen LogP contribution is 2.20. The number of nitrogens with zero attached hydrogens (tertiary/aromatic N) is 1. The van der Waals surface area contributed by atoms with Crippen LogP contribution in [0.3, 0.4) is 0 Å². The van der Waals surface area contributed by atoms with Gasteiger partial charge in [-0.2, -0.15) is 5.26 Å². The fraction of sp³-hybridized carbons (Fsp3) is 0.500. The van der Waals surface area contributed by atoms with E-state index < -0.39 is 0 Å². The molecule has 0 amide bonds. The van der Waals surface area contributed by atoms with Crippen LogP contribution >= 0.6 is 0 Å². The Morgan fingerprint density at radius 1 is 1.12 bits per heavy atom. The average molecular weight is 229 g/mol. The van der Waals surface area contributed by atoms with Gasteiger partial charge in [-0.1, -0.05) is 19.3 Å². The molecule has 3 N–H and O–H groups in total. The number of anilines is 1. The monoisotopic (exact) mass is 229 g/mol. The van der Waals surface area contributed by atoms with Crippen molar-refractivity contribution in [3.8, 4) is 6.07 Å². The summed E-state index contributed by atoms with van der Waals surface area (Å²) in [5, 5.41) is 12.2. The molecule has 1 aromatic rings. The Hall–Kier alpha value is -1.53. The molecule has 0 saturated heterocycles. The Morgan fingerprint density at radius 2 is 1.82 bits per heavy atom. The van der Waals surface area contributed by atoms with Crippen LogP contribution in [0, 0.1) is 11.3 Å². The predicted molar refractivity (Wildman–Crippen MR) is 69.6 cm³/mol. The lowest BCUT2D eigenvalue weighted by atomic mass is 10.0. The van der Waals surface area contributed by atoms with Crippen LogP contribution < -0.4 is 11.1 Å². The molecule has 3 nitrogen and oxygen atoms in total. The highest BCUT2D eigenvalue weighted by Gasteiger charge is 2.19. The first kappa shape index (κ1) is 11.9. The van der Waals surface area contributed by atoms with E-state index in [2.05, 4.69) is 11.4 Å². The Bertz CT molecular complexity index is 391. The SMILES string of the molecule is N#Cc1ccc(NC2CCCCCC2N)cc1. The fourth-order valence-electron chi connectivity index (χ4n) is 2.37. The first-order valence-electron chi connectivity index (χ1n) is 6.32. The maximum absolute atomic E-state index is 8.74. The molecule has 0 heterocycles. The molecule has 0 aromatic heterocycles. The van der Waals surface area contributed by atoms with Gasteiger partial charge in [-0.05, 0) is 37.1 Å². The third-order valence-corrected chi connectivity index (χ3v) is 3.44. The molecular formula is C14H19N3. The number of rotatable bonds is 2. The largest absolute Gasteiger partial charge is 0.381 e. The maximum Gasteiger partial charge on any atom is 0.0991 e. The lowest BCUT2D eigenvalue weighted by Crippen LogP contribution is -2.39. The Balaban J connectivity index is 2.01. The molecule has 0 bridgehead atoms. The van der Waals surface area contributed by atoms with Gasteiger partial charge in [0, 0.05) is 17.8 Å². The van der Waals surface area contributed by atoms with Gasteiger partial charge >= 0.3 is 0 Å². The van der Waals surface area contributed by atoms with Gasteiger partial charge in [0.25, 0.3) is 0 Å². The van der Waals surface area contributed by atoms with Crippen molar-refractivity contribution in [3.63, 3.8) is 0 Å². The van der Waals surface area contributed by atoms with Gasteiger partial charge in [0.15, 0.2) is 0 Å². The van der Waals surface area contributed by atoms with Crippen LogP contribution in [0.25, 0.3) is 0 Å². The molecule has 2 atom stereocenters. The summed E-state index contributed by atoms with van der Waals surface area (Å²) in [7, 11) is 0. The molecule has 3 heteroatoms. The molecule has 2 unspecified atom stereocenters. The summed E-state index contributed by atoms with van der Waals surface area (Å²) in [6.07, 6.45) is 6.03. The van der Waals surface area contributed by atoms with Crippen molar-refractivity contribution < 1.29 is 0 Å². The summed E-state index contributed by atoms with van der Waals surface area (Å²) in [6, 6.07) is 10.3. The Labute approximate surface area is 103 Å². The van der Waals surface area contributed by atoms with Gasteiger partial charge in [-0.15, -0.1) is 0 Å². The summed E-state index contributed by atoms with van der Waals surface area (Å²) in [6.45, 7) is 0. The minimum atomic E-state index is 0.244. The molecule has 1 aliphatic rings. The van der Waals surface area contributed by atoms with Crippen molar-refractivity contribution in [3.05, 3.63) is 29.8 Å². The van der Waals surface area contributed by atoms with E-state index in [0.717, 1.165) is 18.5 Å². The second kappa shape index (κ2) is 5.70. The molecular weight excluding hydrogens is 210 g/mol. The molecule has 1 aromatic carbocycles. The summed E-state index contributed by atoms with van der Waals surface area (Å²) in [5.41, 5.74) is 7.92. The minimum Gasteiger partial charge on any atom is -0.381 e. The minimum absolute atomic E-state index is 0.244. The normalized spacial score (nSPS) is 24.7. The zero-order valence-electron chi connectivity index (χ0n) is 10.0. The summed E-state index contributed by atoms with van der Waals surface area (Å²) < 4.78 is 0. The third-order valence-electron chi connectivity index (χ3n) is 3.44. The number of hydrogen-bond donors (Lipinski definition) is 2. The lowest BCUT2D eigenvalue weighted by Gasteiger charge is -2.23. The van der Waals surface area contributed by atoms with Crippen molar-refractivity contribution in [1.82, 2.24) is 0 Å². The van der Waals surface area contributed by atoms with Crippen LogP contribution in [0.4, 0.5) is 5.69 Å². The number of nitrogens with two attached hydrogens (primary N) is 1. The van der Waals surface area contributed by atoms with Gasteiger partial charge in [-0.3, -0.25) is 0 Å². The molecule has 1 saturated carbocycles. The average Bonchev–Trinajstić information content (AvgIpc) is 2.56. The summed E-state index contributed by atoms with van der Waals surface area (Å²) in [4.78, 5) is 0. The van der Waals surface area contributed by atoms with Crippen LogP contribution in [0.15, 0.2) is 24.3 Å². The molecule has 2 rings (SSSR count). The van der Waals surface area contributed by atoms with Gasteiger partial charge in [0.1, 0.15) is 0 Å². The maximum atomic E-state index is 8.74. The fourth-order valence-corrected chi connectivity index (χ4v) is 2.37. The zero-order valence-corrected chi connectivity index (χ0v) is 10.0. The molecule has 1 aliphatic carbocycles. The van der Waals surface area contributed by atoms with E-state index in [1.165, 1.54) is 19.3 Å². The smallest absolute Gasteiger partial charge is 0.0991 e. The molecule has 90 valence electrons. The first-order valence-corrected chi connectivity index (χ1v) is 6.32. The van der Waals surface area contributed by atoms with E-state index in [9.17, 15) is 0 Å². The Kier molecular flexibility index (Phi) is 4.00. The van der Waals surface area contributed by atoms with Crippen molar-refractivity contribution in [2.75, 3.05) is 5.32 Å². The van der Waals surface area contributed by atoms with Gasteiger partial charge in [-0.25, -0.2) is 0 Å². The predicted octanol–water partition coefficient (Wildman–Crippen LogP) is 2.63. The van der Waals surface area contributed by atoms with E-state index in [0.29, 0.717) is 11.6 Å². The number of nitriles is 1. The van der Waals surface area contributed by atoms with Crippen LogP contribution in [-0.4, -0.2) is 12.1 Å². The van der Waals surface area contributed by atoms with E-state index in [-0.39, 0.29) is 6.04 Å². The van der Waals surface area contributed by atoms with Gasteiger partial charge in [0.2, 0.25) is 0 Å². The van der Waals surface area contributed by atoms with Crippen LogP contribution in [0.2, 0.25) is 0 Å². The number of hydrogen-bond acceptors (Lipinski definition) is 3. The van der Waals surface area contributed by atoms with Crippen LogP contribution in [0.1, 0.15) is 37.7 Å². The van der Waals surface area contributed by atoms with E-state index in [1.807, 2.05) is 24.3 Å². The Morgan fingerprint density at radius 3 is 2.53 bits per heavy atom. The lowest BCUT2D eigenvalue weighted by molar-refractivity contribution is 0.528. The van der Waals surface area contributed by atoms with Crippen molar-refractivity contribution in [2.45, 2.75) is 44.2 Å². The topological polar surface area (TPSA) is 61.8 Å². The second-order valence-electron chi connectivity index (χ2n) is 4.74. The number of benzene rings is 1. The zero-order chi connectivity index (χ0) is 12.1. The van der Waals surface area contributed by atoms with E-state index in [4.69, 9.17) is 11.0 Å². The quantitative estimate of drug-likeness (QED) is 0.766. The summed E-state index contributed by atoms with van der Waals surface area (Å²) in [5.74, 6) is 0. The molecule has 17 heavy (non-hydrogen) atoms. The second-order valence-corrected chi connectivity index (χ2v) is 4.74. The highest BCUT2D eigenvalue weighted by atomic mass is 15.0. The van der Waals surface area contributed by atoms with Gasteiger partial charge in [0.05, 0.1) is 11.6 Å². The van der Waals surface area contributed by atoms with Crippen molar-refractivity contribution in [2.24, 2.45) is 5.73 Å². The van der Waals surface area contributed by atoms with Crippen molar-refractivity contribution >= 4 is 5.69 Å². The standard InChI is InChI=1S/C14H19N3/c15-10-11-6-8-12(9-7-11)17-14-5-3-1-2-4-13(14)16/h6-9,13-14,17H,1-5,16H2. The number of nitrogens with one attached hydrogen (secondary N) is 1. The summed E-state index contributed by atoms with van der Waals surface area (Å²) >= 11 is 0.